The van der Waals surface area contributed by atoms with Gasteiger partial charge in [0.05, 0.1) is 18.9 Å². The number of fused-ring (bicyclic) bond motifs is 1. The molecule has 0 atom stereocenters. The molecule has 0 radical (unpaired) electrons. The average Bonchev–Trinajstić information content (AvgIpc) is 2.69. The van der Waals surface area contributed by atoms with E-state index in [-0.39, 0.29) is 0 Å². The topological polar surface area (TPSA) is 30.3 Å². The summed E-state index contributed by atoms with van der Waals surface area (Å²) < 4.78 is 7.67. The molecule has 1 aromatic heterocycles. The van der Waals surface area contributed by atoms with Crippen molar-refractivity contribution in [2.75, 3.05) is 26.7 Å². The van der Waals surface area contributed by atoms with Crippen LogP contribution in [0.15, 0.2) is 0 Å². The summed E-state index contributed by atoms with van der Waals surface area (Å²) in [5.41, 5.74) is 4.09. The Morgan fingerprint density at radius 2 is 2.00 bits per heavy atom. The molecule has 0 aliphatic carbocycles. The summed E-state index contributed by atoms with van der Waals surface area (Å²) in [7, 11) is 4.27. The van der Waals surface area contributed by atoms with Crippen molar-refractivity contribution < 1.29 is 4.74 Å². The molecule has 2 aliphatic rings. The number of nitrogens with zero attached hydrogens (tertiary/aromatic N) is 3. The Kier molecular flexibility index (Phi) is 2.92. The summed E-state index contributed by atoms with van der Waals surface area (Å²) in [5, 5.41) is 4.76. The number of aromatic nitrogens is 2. The fourth-order valence-corrected chi connectivity index (χ4v) is 3.05. The molecule has 0 bridgehead atoms. The molecule has 1 fully saturated rings. The molecule has 0 spiro atoms. The minimum absolute atomic E-state index is 0.642. The zero-order valence-electron chi connectivity index (χ0n) is 10.8. The number of hydrogen-bond donors (Lipinski definition) is 0. The first-order valence-electron chi connectivity index (χ1n) is 6.56. The molecule has 4 heteroatoms. The van der Waals surface area contributed by atoms with Crippen LogP contribution in [-0.4, -0.2) is 41.4 Å². The van der Waals surface area contributed by atoms with E-state index in [1.165, 1.54) is 42.9 Å². The van der Waals surface area contributed by atoms with E-state index in [1.54, 1.807) is 0 Å². The van der Waals surface area contributed by atoms with Gasteiger partial charge in [-0.1, -0.05) is 0 Å². The van der Waals surface area contributed by atoms with Crippen LogP contribution in [0.3, 0.4) is 0 Å². The van der Waals surface area contributed by atoms with E-state index in [1.807, 2.05) is 0 Å². The van der Waals surface area contributed by atoms with Gasteiger partial charge in [-0.05, 0) is 33.0 Å². The second kappa shape index (κ2) is 4.42. The van der Waals surface area contributed by atoms with Gasteiger partial charge in [-0.3, -0.25) is 4.68 Å². The molecule has 0 saturated carbocycles. The van der Waals surface area contributed by atoms with Crippen molar-refractivity contribution in [3.05, 3.63) is 17.0 Å². The molecule has 0 amide bonds. The van der Waals surface area contributed by atoms with Crippen LogP contribution in [0, 0.1) is 0 Å². The summed E-state index contributed by atoms with van der Waals surface area (Å²) in [6.45, 7) is 4.00. The highest BCUT2D eigenvalue weighted by Crippen LogP contribution is 2.32. The van der Waals surface area contributed by atoms with Crippen LogP contribution in [0.1, 0.15) is 35.7 Å². The number of aryl methyl sites for hydroxylation is 1. The van der Waals surface area contributed by atoms with Gasteiger partial charge in [-0.15, -0.1) is 0 Å². The predicted octanol–water partition coefficient (Wildman–Crippen LogP) is 1.30. The van der Waals surface area contributed by atoms with Crippen molar-refractivity contribution in [1.82, 2.24) is 14.7 Å². The summed E-state index contributed by atoms with van der Waals surface area (Å²) in [6.07, 6.45) is 3.49. The van der Waals surface area contributed by atoms with E-state index in [9.17, 15) is 0 Å². The van der Waals surface area contributed by atoms with Gasteiger partial charge in [0, 0.05) is 30.6 Å². The Balaban J connectivity index is 1.87. The fraction of sp³-hybridized carbons (Fsp3) is 0.769. The third kappa shape index (κ3) is 2.00. The van der Waals surface area contributed by atoms with Crippen LogP contribution in [0.2, 0.25) is 0 Å². The van der Waals surface area contributed by atoms with Gasteiger partial charge >= 0.3 is 0 Å². The first-order valence-corrected chi connectivity index (χ1v) is 6.56. The molecule has 0 aromatic carbocycles. The normalized spacial score (nSPS) is 22.7. The first-order chi connectivity index (χ1) is 8.25. The van der Waals surface area contributed by atoms with Crippen LogP contribution in [0.4, 0.5) is 0 Å². The van der Waals surface area contributed by atoms with Gasteiger partial charge in [-0.25, -0.2) is 0 Å². The minimum atomic E-state index is 0.642. The molecule has 17 heavy (non-hydrogen) atoms. The Labute approximate surface area is 103 Å². The Bertz CT molecular complexity index is 405. The minimum Gasteiger partial charge on any atom is -0.376 e. The lowest BCUT2D eigenvalue weighted by molar-refractivity contribution is 0.108. The molecule has 4 nitrogen and oxygen atoms in total. The number of ether oxygens (including phenoxy) is 1. The van der Waals surface area contributed by atoms with Crippen molar-refractivity contribution >= 4 is 0 Å². The standard InChI is InChI=1S/C13H21N3O/c1-15-6-3-10(4-7-15)13-11-9-17-8-5-12(11)16(2)14-13/h10H,3-9H2,1-2H3. The van der Waals surface area contributed by atoms with Crippen LogP contribution < -0.4 is 0 Å². The van der Waals surface area contributed by atoms with Crippen molar-refractivity contribution in [3.63, 3.8) is 0 Å². The Morgan fingerprint density at radius 1 is 1.24 bits per heavy atom. The summed E-state index contributed by atoms with van der Waals surface area (Å²) in [5.74, 6) is 0.642. The van der Waals surface area contributed by atoms with Crippen molar-refractivity contribution in [2.24, 2.45) is 7.05 Å². The second-order valence-corrected chi connectivity index (χ2v) is 5.31. The summed E-state index contributed by atoms with van der Waals surface area (Å²) >= 11 is 0. The molecule has 2 aliphatic heterocycles. The lowest BCUT2D eigenvalue weighted by Crippen LogP contribution is -2.29. The van der Waals surface area contributed by atoms with E-state index in [0.717, 1.165) is 19.6 Å². The smallest absolute Gasteiger partial charge is 0.0753 e. The van der Waals surface area contributed by atoms with Crippen LogP contribution in [-0.2, 0) is 24.8 Å². The van der Waals surface area contributed by atoms with E-state index in [4.69, 9.17) is 9.84 Å². The lowest BCUT2D eigenvalue weighted by Gasteiger charge is -2.28. The van der Waals surface area contributed by atoms with Crippen LogP contribution in [0.25, 0.3) is 0 Å². The highest BCUT2D eigenvalue weighted by molar-refractivity contribution is 5.30. The number of likely N-dealkylation sites (tertiary alicyclic amines) is 1. The average molecular weight is 235 g/mol. The highest BCUT2D eigenvalue weighted by atomic mass is 16.5. The third-order valence-corrected chi connectivity index (χ3v) is 4.14. The van der Waals surface area contributed by atoms with Gasteiger partial charge in [0.15, 0.2) is 0 Å². The molecule has 1 saturated heterocycles. The number of hydrogen-bond acceptors (Lipinski definition) is 3. The zero-order chi connectivity index (χ0) is 11.8. The Hall–Kier alpha value is -0.870. The largest absolute Gasteiger partial charge is 0.376 e. The quantitative estimate of drug-likeness (QED) is 0.735. The van der Waals surface area contributed by atoms with Crippen molar-refractivity contribution in [2.45, 2.75) is 31.8 Å². The fourth-order valence-electron chi connectivity index (χ4n) is 3.05. The highest BCUT2D eigenvalue weighted by Gasteiger charge is 2.27. The third-order valence-electron chi connectivity index (χ3n) is 4.14. The maximum atomic E-state index is 5.60. The summed E-state index contributed by atoms with van der Waals surface area (Å²) in [4.78, 5) is 2.41. The maximum Gasteiger partial charge on any atom is 0.0753 e. The van der Waals surface area contributed by atoms with Gasteiger partial charge in [0.1, 0.15) is 0 Å². The van der Waals surface area contributed by atoms with E-state index in [2.05, 4.69) is 23.7 Å². The van der Waals surface area contributed by atoms with Crippen LogP contribution in [0.5, 0.6) is 0 Å². The molecular weight excluding hydrogens is 214 g/mol. The van der Waals surface area contributed by atoms with Crippen molar-refractivity contribution in [3.8, 4) is 0 Å². The molecule has 0 N–H and O–H groups in total. The predicted molar refractivity (Wildman–Crippen MR) is 66.0 cm³/mol. The van der Waals surface area contributed by atoms with Gasteiger partial charge in [0.25, 0.3) is 0 Å². The van der Waals surface area contributed by atoms with Crippen molar-refractivity contribution in [1.29, 1.82) is 0 Å². The molecule has 3 rings (SSSR count). The van der Waals surface area contributed by atoms with Gasteiger partial charge in [-0.2, -0.15) is 5.10 Å². The first kappa shape index (κ1) is 11.2. The van der Waals surface area contributed by atoms with E-state index >= 15 is 0 Å². The van der Waals surface area contributed by atoms with E-state index < -0.39 is 0 Å². The van der Waals surface area contributed by atoms with Gasteiger partial charge < -0.3 is 9.64 Å². The zero-order valence-corrected chi connectivity index (χ0v) is 10.8. The maximum absolute atomic E-state index is 5.60. The molecule has 1 aromatic rings. The molecule has 3 heterocycles. The molecular formula is C13H21N3O. The lowest BCUT2D eigenvalue weighted by atomic mass is 9.90. The number of piperidine rings is 1. The molecule has 0 unspecified atom stereocenters. The van der Waals surface area contributed by atoms with Crippen LogP contribution >= 0.6 is 0 Å². The number of rotatable bonds is 1. The Morgan fingerprint density at radius 3 is 2.76 bits per heavy atom. The molecule has 94 valence electrons. The summed E-state index contributed by atoms with van der Waals surface area (Å²) in [6, 6.07) is 0. The van der Waals surface area contributed by atoms with E-state index in [0.29, 0.717) is 5.92 Å². The SMILES string of the molecule is CN1CCC(c2nn(C)c3c2COCC3)CC1. The van der Waals surface area contributed by atoms with Gasteiger partial charge in [0.2, 0.25) is 0 Å². The monoisotopic (exact) mass is 235 g/mol. The second-order valence-electron chi connectivity index (χ2n) is 5.31.